The number of rotatable bonds is 5. The van der Waals surface area contributed by atoms with Gasteiger partial charge in [0.05, 0.1) is 6.61 Å². The highest BCUT2D eigenvalue weighted by Crippen LogP contribution is 2.28. The van der Waals surface area contributed by atoms with Crippen molar-refractivity contribution in [1.29, 1.82) is 0 Å². The second-order valence-corrected chi connectivity index (χ2v) is 4.76. The van der Waals surface area contributed by atoms with Crippen molar-refractivity contribution in [2.75, 3.05) is 6.61 Å². The summed E-state index contributed by atoms with van der Waals surface area (Å²) in [5.74, 6) is -0.440. The Bertz CT molecular complexity index is 540. The molecule has 2 rings (SSSR count). The minimum Gasteiger partial charge on any atom is -0.494 e. The molecule has 1 aromatic rings. The van der Waals surface area contributed by atoms with Gasteiger partial charge in [-0.2, -0.15) is 0 Å². The molecule has 20 heavy (non-hydrogen) atoms. The summed E-state index contributed by atoms with van der Waals surface area (Å²) in [6, 6.07) is 6.85. The third-order valence-corrected chi connectivity index (χ3v) is 3.43. The molecular formula is C16H18O4. The normalized spacial score (nSPS) is 15.1. The molecular weight excluding hydrogens is 256 g/mol. The molecule has 0 bridgehead atoms. The summed E-state index contributed by atoms with van der Waals surface area (Å²) < 4.78 is 5.33. The van der Waals surface area contributed by atoms with Gasteiger partial charge in [-0.1, -0.05) is 0 Å². The van der Waals surface area contributed by atoms with E-state index in [4.69, 9.17) is 4.74 Å². The first-order valence-electron chi connectivity index (χ1n) is 6.86. The minimum atomic E-state index is -0.973. The van der Waals surface area contributed by atoms with Crippen molar-refractivity contribution < 1.29 is 19.4 Å². The number of aliphatic carboxylic acids is 1. The Morgan fingerprint density at radius 3 is 2.25 bits per heavy atom. The Hall–Kier alpha value is -2.10. The molecule has 0 fully saturated rings. The lowest BCUT2D eigenvalue weighted by Crippen LogP contribution is -2.15. The van der Waals surface area contributed by atoms with Gasteiger partial charge in [0.15, 0.2) is 5.78 Å². The quantitative estimate of drug-likeness (QED) is 0.837. The van der Waals surface area contributed by atoms with E-state index in [9.17, 15) is 14.7 Å². The van der Waals surface area contributed by atoms with E-state index in [0.29, 0.717) is 36.3 Å². The fourth-order valence-corrected chi connectivity index (χ4v) is 2.44. The molecule has 106 valence electrons. The first-order valence-corrected chi connectivity index (χ1v) is 6.86. The molecule has 0 saturated heterocycles. The molecule has 0 aliphatic heterocycles. The number of carboxylic acid groups (broad SMARTS) is 1. The first-order chi connectivity index (χ1) is 9.63. The Morgan fingerprint density at radius 1 is 1.10 bits per heavy atom. The van der Waals surface area contributed by atoms with E-state index >= 15 is 0 Å². The molecule has 0 spiro atoms. The van der Waals surface area contributed by atoms with Crippen LogP contribution in [-0.2, 0) is 4.79 Å². The summed E-state index contributed by atoms with van der Waals surface area (Å²) in [6.07, 6.45) is 2.73. The molecule has 4 nitrogen and oxygen atoms in total. The van der Waals surface area contributed by atoms with E-state index in [-0.39, 0.29) is 11.4 Å². The van der Waals surface area contributed by atoms with Crippen LogP contribution in [0.4, 0.5) is 0 Å². The first kappa shape index (κ1) is 14.3. The smallest absolute Gasteiger partial charge is 0.331 e. The zero-order valence-corrected chi connectivity index (χ0v) is 11.5. The topological polar surface area (TPSA) is 63.6 Å². The number of Topliss-reactive ketones (excluding diaryl/α,β-unsaturated/α-hetero) is 1. The van der Waals surface area contributed by atoms with Crippen LogP contribution in [0, 0.1) is 0 Å². The molecule has 0 radical (unpaired) electrons. The molecule has 0 amide bonds. The largest absolute Gasteiger partial charge is 0.494 e. The number of hydrogen-bond donors (Lipinski definition) is 1. The Balaban J connectivity index is 2.27. The van der Waals surface area contributed by atoms with Gasteiger partial charge in [0.2, 0.25) is 0 Å². The highest BCUT2D eigenvalue weighted by molar-refractivity contribution is 6.12. The van der Waals surface area contributed by atoms with Gasteiger partial charge in [0, 0.05) is 16.7 Å². The maximum absolute atomic E-state index is 12.4. The van der Waals surface area contributed by atoms with Gasteiger partial charge >= 0.3 is 5.97 Å². The highest BCUT2D eigenvalue weighted by atomic mass is 16.5. The highest BCUT2D eigenvalue weighted by Gasteiger charge is 2.24. The van der Waals surface area contributed by atoms with E-state index in [0.717, 1.165) is 12.8 Å². The predicted octanol–water partition coefficient (Wildman–Crippen LogP) is 3.22. The second kappa shape index (κ2) is 6.37. The van der Waals surface area contributed by atoms with Crippen molar-refractivity contribution >= 4 is 11.8 Å². The van der Waals surface area contributed by atoms with Crippen molar-refractivity contribution in [3.63, 3.8) is 0 Å². The Morgan fingerprint density at radius 2 is 1.70 bits per heavy atom. The Kier molecular flexibility index (Phi) is 4.56. The number of benzene rings is 1. The van der Waals surface area contributed by atoms with Gasteiger partial charge < -0.3 is 9.84 Å². The number of carboxylic acids is 1. The number of ether oxygens (including phenoxy) is 1. The van der Waals surface area contributed by atoms with Crippen LogP contribution in [0.25, 0.3) is 0 Å². The number of ketones is 1. The Labute approximate surface area is 118 Å². The number of carbonyl (C=O) groups excluding carboxylic acids is 1. The monoisotopic (exact) mass is 274 g/mol. The van der Waals surface area contributed by atoms with Crippen LogP contribution in [0.5, 0.6) is 5.75 Å². The second-order valence-electron chi connectivity index (χ2n) is 4.76. The van der Waals surface area contributed by atoms with E-state index < -0.39 is 5.97 Å². The number of allylic oxidation sites excluding steroid dienone is 1. The summed E-state index contributed by atoms with van der Waals surface area (Å²) >= 11 is 0. The summed E-state index contributed by atoms with van der Waals surface area (Å²) in [5, 5.41) is 9.19. The molecule has 0 atom stereocenters. The molecule has 1 aliphatic rings. The summed E-state index contributed by atoms with van der Waals surface area (Å²) in [6.45, 7) is 2.46. The number of hydrogen-bond acceptors (Lipinski definition) is 3. The zero-order valence-electron chi connectivity index (χ0n) is 11.5. The van der Waals surface area contributed by atoms with Gasteiger partial charge in [-0.05, 0) is 56.9 Å². The molecule has 1 N–H and O–H groups in total. The summed E-state index contributed by atoms with van der Waals surface area (Å²) in [4.78, 5) is 23.6. The van der Waals surface area contributed by atoms with Crippen LogP contribution in [0.2, 0.25) is 0 Å². The zero-order chi connectivity index (χ0) is 14.5. The minimum absolute atomic E-state index is 0.176. The average Bonchev–Trinajstić information content (AvgIpc) is 2.47. The van der Waals surface area contributed by atoms with E-state index in [1.54, 1.807) is 24.3 Å². The van der Waals surface area contributed by atoms with E-state index in [1.807, 2.05) is 6.92 Å². The predicted molar refractivity (Wildman–Crippen MR) is 75.1 cm³/mol. The van der Waals surface area contributed by atoms with E-state index in [1.165, 1.54) is 0 Å². The molecule has 0 aromatic heterocycles. The molecule has 1 aliphatic carbocycles. The number of carbonyl (C=O) groups is 2. The average molecular weight is 274 g/mol. The molecule has 0 saturated carbocycles. The summed E-state index contributed by atoms with van der Waals surface area (Å²) in [5.41, 5.74) is 1.24. The van der Waals surface area contributed by atoms with Gasteiger partial charge in [0.1, 0.15) is 5.75 Å². The fraction of sp³-hybridized carbons (Fsp3) is 0.375. The maximum atomic E-state index is 12.4. The van der Waals surface area contributed by atoms with Gasteiger partial charge in [-0.25, -0.2) is 4.79 Å². The van der Waals surface area contributed by atoms with Crippen LogP contribution < -0.4 is 4.74 Å². The van der Waals surface area contributed by atoms with Crippen molar-refractivity contribution in [3.8, 4) is 5.75 Å². The van der Waals surface area contributed by atoms with Crippen molar-refractivity contribution in [2.24, 2.45) is 0 Å². The van der Waals surface area contributed by atoms with Gasteiger partial charge in [0.25, 0.3) is 0 Å². The van der Waals surface area contributed by atoms with Crippen molar-refractivity contribution in [3.05, 3.63) is 41.0 Å². The van der Waals surface area contributed by atoms with E-state index in [2.05, 4.69) is 0 Å². The molecule has 0 heterocycles. The van der Waals surface area contributed by atoms with Crippen LogP contribution >= 0.6 is 0 Å². The van der Waals surface area contributed by atoms with Crippen molar-refractivity contribution in [2.45, 2.75) is 32.6 Å². The van der Waals surface area contributed by atoms with Crippen molar-refractivity contribution in [1.82, 2.24) is 0 Å². The molecule has 4 heteroatoms. The molecule has 1 aromatic carbocycles. The molecule has 0 unspecified atom stereocenters. The van der Waals surface area contributed by atoms with Crippen LogP contribution in [-0.4, -0.2) is 23.5 Å². The lowest BCUT2D eigenvalue weighted by Gasteiger charge is -2.16. The van der Waals surface area contributed by atoms with Crippen LogP contribution in [0.15, 0.2) is 35.4 Å². The maximum Gasteiger partial charge on any atom is 0.331 e. The van der Waals surface area contributed by atoms with Crippen LogP contribution in [0.1, 0.15) is 43.0 Å². The third-order valence-electron chi connectivity index (χ3n) is 3.43. The fourth-order valence-electron chi connectivity index (χ4n) is 2.44. The summed E-state index contributed by atoms with van der Waals surface area (Å²) in [7, 11) is 0. The lowest BCUT2D eigenvalue weighted by atomic mass is 9.87. The van der Waals surface area contributed by atoms with Crippen LogP contribution in [0.3, 0.4) is 0 Å². The van der Waals surface area contributed by atoms with Gasteiger partial charge in [-0.3, -0.25) is 4.79 Å². The lowest BCUT2D eigenvalue weighted by molar-refractivity contribution is -0.133. The SMILES string of the molecule is CCOc1ccc(C(=O)C2=C(C(=O)O)CCCC2)cc1. The third kappa shape index (κ3) is 3.07. The van der Waals surface area contributed by atoms with Gasteiger partial charge in [-0.15, -0.1) is 0 Å². The standard InChI is InChI=1S/C16H18O4/c1-2-20-12-9-7-11(8-10-12)15(17)13-5-3-4-6-14(13)16(18)19/h7-10H,2-6H2,1H3,(H,18,19).